The third-order valence-corrected chi connectivity index (χ3v) is 7.04. The summed E-state index contributed by atoms with van der Waals surface area (Å²) in [7, 11) is 0. The average molecular weight is 412 g/mol. The van der Waals surface area contributed by atoms with E-state index in [1.54, 1.807) is 0 Å². The van der Waals surface area contributed by atoms with Crippen molar-refractivity contribution in [3.05, 3.63) is 23.8 Å². The highest BCUT2D eigenvalue weighted by Gasteiger charge is 2.30. The summed E-state index contributed by atoms with van der Waals surface area (Å²) in [6, 6.07) is 8.00. The van der Waals surface area contributed by atoms with Crippen LogP contribution in [0.4, 0.5) is 5.69 Å². The van der Waals surface area contributed by atoms with E-state index in [2.05, 4.69) is 41.5 Å². The molecule has 6 heteroatoms. The van der Waals surface area contributed by atoms with E-state index < -0.39 is 0 Å². The van der Waals surface area contributed by atoms with Crippen molar-refractivity contribution in [2.75, 3.05) is 37.9 Å². The number of nitrogens with zero attached hydrogens (tertiary/aromatic N) is 3. The highest BCUT2D eigenvalue weighted by atomic mass is 16.5. The zero-order valence-corrected chi connectivity index (χ0v) is 18.1. The maximum Gasteiger partial charge on any atom is 0.201 e. The second-order valence-electron chi connectivity index (χ2n) is 9.03. The number of rotatable bonds is 3. The molecule has 4 heterocycles. The predicted molar refractivity (Wildman–Crippen MR) is 120 cm³/mol. The van der Waals surface area contributed by atoms with E-state index >= 15 is 0 Å². The maximum atomic E-state index is 11.4. The van der Waals surface area contributed by atoms with E-state index in [1.165, 1.54) is 18.5 Å². The van der Waals surface area contributed by atoms with Crippen LogP contribution in [0.2, 0.25) is 0 Å². The van der Waals surface area contributed by atoms with Gasteiger partial charge in [-0.25, -0.2) is 0 Å². The van der Waals surface area contributed by atoms with E-state index in [1.807, 2.05) is 0 Å². The number of benzene rings is 1. The molecule has 2 aromatic rings. The largest absolute Gasteiger partial charge is 0.494 e. The molecule has 0 radical (unpaired) electrons. The standard InChI is InChI=1S/C24H33N3O3/c1-16-4-5-17(2)26(16)19-6-7-22-20(14-19)23(21-15-30-11-3-10-25-21)24(28)27(22)18-8-12-29-13-9-18/h6-7,14,16-18,28H,3-5,8-13,15H2,1-2H3. The minimum absolute atomic E-state index is 0.248. The Kier molecular flexibility index (Phi) is 5.46. The summed E-state index contributed by atoms with van der Waals surface area (Å²) in [6.45, 7) is 8.03. The molecule has 162 valence electrons. The molecular weight excluding hydrogens is 378 g/mol. The van der Waals surface area contributed by atoms with Crippen LogP contribution in [0.5, 0.6) is 5.88 Å². The molecule has 3 aliphatic heterocycles. The van der Waals surface area contributed by atoms with Crippen molar-refractivity contribution in [2.24, 2.45) is 4.99 Å². The van der Waals surface area contributed by atoms with E-state index in [9.17, 15) is 5.11 Å². The molecule has 1 N–H and O–H groups in total. The third kappa shape index (κ3) is 3.40. The molecular formula is C24H33N3O3. The van der Waals surface area contributed by atoms with Crippen LogP contribution in [-0.4, -0.2) is 60.4 Å². The van der Waals surface area contributed by atoms with Gasteiger partial charge in [-0.05, 0) is 64.2 Å². The molecule has 3 aliphatic rings. The molecule has 2 saturated heterocycles. The van der Waals surface area contributed by atoms with Gasteiger partial charge in [0, 0.05) is 55.6 Å². The quantitative estimate of drug-likeness (QED) is 0.819. The van der Waals surface area contributed by atoms with Crippen molar-refractivity contribution in [2.45, 2.75) is 64.1 Å². The zero-order chi connectivity index (χ0) is 20.7. The fraction of sp³-hybridized carbons (Fsp3) is 0.625. The Balaban J connectivity index is 1.67. The van der Waals surface area contributed by atoms with Crippen molar-refractivity contribution in [3.63, 3.8) is 0 Å². The van der Waals surface area contributed by atoms with Gasteiger partial charge in [0.2, 0.25) is 5.88 Å². The van der Waals surface area contributed by atoms with Gasteiger partial charge in [0.15, 0.2) is 0 Å². The van der Waals surface area contributed by atoms with Crippen LogP contribution in [0.1, 0.15) is 57.6 Å². The lowest BCUT2D eigenvalue weighted by atomic mass is 10.1. The first-order chi connectivity index (χ1) is 14.6. The van der Waals surface area contributed by atoms with Gasteiger partial charge in [0.25, 0.3) is 0 Å². The van der Waals surface area contributed by atoms with Crippen LogP contribution in [0.15, 0.2) is 23.2 Å². The number of aliphatic imine (C=N–C) groups is 1. The monoisotopic (exact) mass is 411 g/mol. The molecule has 1 aromatic heterocycles. The number of anilines is 1. The fourth-order valence-electron chi connectivity index (χ4n) is 5.50. The summed E-state index contributed by atoms with van der Waals surface area (Å²) in [6.07, 6.45) is 5.21. The van der Waals surface area contributed by atoms with Crippen LogP contribution < -0.4 is 4.90 Å². The fourth-order valence-corrected chi connectivity index (χ4v) is 5.50. The highest BCUT2D eigenvalue weighted by Crippen LogP contribution is 2.41. The van der Waals surface area contributed by atoms with Crippen LogP contribution >= 0.6 is 0 Å². The number of hydrogen-bond donors (Lipinski definition) is 1. The van der Waals surface area contributed by atoms with Gasteiger partial charge in [-0.2, -0.15) is 0 Å². The normalized spacial score (nSPS) is 26.2. The second-order valence-corrected chi connectivity index (χ2v) is 9.03. The third-order valence-electron chi connectivity index (χ3n) is 7.04. The molecule has 30 heavy (non-hydrogen) atoms. The van der Waals surface area contributed by atoms with Gasteiger partial charge in [-0.15, -0.1) is 0 Å². The van der Waals surface area contributed by atoms with Crippen molar-refractivity contribution >= 4 is 22.3 Å². The van der Waals surface area contributed by atoms with Crippen molar-refractivity contribution < 1.29 is 14.6 Å². The van der Waals surface area contributed by atoms with Crippen molar-refractivity contribution in [1.29, 1.82) is 0 Å². The van der Waals surface area contributed by atoms with E-state index in [0.717, 1.165) is 67.8 Å². The van der Waals surface area contributed by atoms with Crippen LogP contribution in [0.25, 0.3) is 10.9 Å². The summed E-state index contributed by atoms with van der Waals surface area (Å²) in [5.41, 5.74) is 4.06. The van der Waals surface area contributed by atoms with Gasteiger partial charge in [0.05, 0.1) is 23.4 Å². The molecule has 1 aromatic carbocycles. The molecule has 0 saturated carbocycles. The van der Waals surface area contributed by atoms with Gasteiger partial charge < -0.3 is 24.0 Å². The van der Waals surface area contributed by atoms with E-state index in [4.69, 9.17) is 14.5 Å². The molecule has 0 bridgehead atoms. The maximum absolute atomic E-state index is 11.4. The molecule has 2 atom stereocenters. The first-order valence-corrected chi connectivity index (χ1v) is 11.5. The highest BCUT2D eigenvalue weighted by molar-refractivity contribution is 6.14. The number of hydrogen-bond acceptors (Lipinski definition) is 5. The number of fused-ring (bicyclic) bond motifs is 1. The lowest BCUT2D eigenvalue weighted by Crippen LogP contribution is -2.32. The first kappa shape index (κ1) is 19.9. The number of ether oxygens (including phenoxy) is 2. The minimum Gasteiger partial charge on any atom is -0.494 e. The molecule has 5 rings (SSSR count). The number of aromatic nitrogens is 1. The Morgan fingerprint density at radius 1 is 1.00 bits per heavy atom. The first-order valence-electron chi connectivity index (χ1n) is 11.5. The van der Waals surface area contributed by atoms with Crippen LogP contribution in [0, 0.1) is 0 Å². The summed E-state index contributed by atoms with van der Waals surface area (Å²) in [5, 5.41) is 12.5. The topological polar surface area (TPSA) is 59.2 Å². The lowest BCUT2D eigenvalue weighted by Gasteiger charge is -2.29. The zero-order valence-electron chi connectivity index (χ0n) is 18.1. The molecule has 0 aliphatic carbocycles. The Bertz CT molecular complexity index is 935. The smallest absolute Gasteiger partial charge is 0.201 e. The molecule has 6 nitrogen and oxygen atoms in total. The molecule has 0 amide bonds. The molecule has 2 fully saturated rings. The Morgan fingerprint density at radius 3 is 2.53 bits per heavy atom. The number of aromatic hydroxyl groups is 1. The van der Waals surface area contributed by atoms with E-state index in [0.29, 0.717) is 24.6 Å². The average Bonchev–Trinajstić information content (AvgIpc) is 3.09. The summed E-state index contributed by atoms with van der Waals surface area (Å²) in [5.74, 6) is 0.334. The minimum atomic E-state index is 0.248. The second kappa shape index (κ2) is 8.23. The van der Waals surface area contributed by atoms with Crippen LogP contribution in [0.3, 0.4) is 0 Å². The van der Waals surface area contributed by atoms with Gasteiger partial charge in [0.1, 0.15) is 0 Å². The van der Waals surface area contributed by atoms with E-state index in [-0.39, 0.29) is 6.04 Å². The Labute approximate surface area is 178 Å². The molecule has 0 spiro atoms. The predicted octanol–water partition coefficient (Wildman–Crippen LogP) is 4.29. The summed E-state index contributed by atoms with van der Waals surface area (Å²) in [4.78, 5) is 7.33. The lowest BCUT2D eigenvalue weighted by molar-refractivity contribution is 0.0688. The van der Waals surface area contributed by atoms with Crippen molar-refractivity contribution in [1.82, 2.24) is 4.57 Å². The Morgan fingerprint density at radius 2 is 1.77 bits per heavy atom. The van der Waals surface area contributed by atoms with Crippen molar-refractivity contribution in [3.8, 4) is 5.88 Å². The Hall–Kier alpha value is -2.05. The summed E-state index contributed by atoms with van der Waals surface area (Å²) >= 11 is 0. The van der Waals surface area contributed by atoms with Gasteiger partial charge >= 0.3 is 0 Å². The molecule has 2 unspecified atom stereocenters. The van der Waals surface area contributed by atoms with Crippen LogP contribution in [-0.2, 0) is 9.47 Å². The van der Waals surface area contributed by atoms with Gasteiger partial charge in [-0.3, -0.25) is 4.99 Å². The van der Waals surface area contributed by atoms with Gasteiger partial charge in [-0.1, -0.05) is 0 Å². The SMILES string of the molecule is CC1CCC(C)N1c1ccc2c(c1)c(C1=NCCCOC1)c(O)n2C1CCOCC1. The summed E-state index contributed by atoms with van der Waals surface area (Å²) < 4.78 is 13.5.